The summed E-state index contributed by atoms with van der Waals surface area (Å²) in [4.78, 5) is 32.3. The first-order valence-electron chi connectivity index (χ1n) is 9.11. The Morgan fingerprint density at radius 2 is 1.70 bits per heavy atom. The second-order valence-electron chi connectivity index (χ2n) is 6.78. The predicted octanol–water partition coefficient (Wildman–Crippen LogP) is 3.51. The number of hydrogen-bond donors (Lipinski definition) is 0. The van der Waals surface area contributed by atoms with Crippen molar-refractivity contribution >= 4 is 28.7 Å². The highest BCUT2D eigenvalue weighted by Crippen LogP contribution is 2.33. The van der Waals surface area contributed by atoms with Gasteiger partial charge >= 0.3 is 0 Å². The molecular weight excluding hydrogens is 344 g/mol. The van der Waals surface area contributed by atoms with Gasteiger partial charge in [0.05, 0.1) is 17.3 Å². The van der Waals surface area contributed by atoms with Gasteiger partial charge in [0.1, 0.15) is 11.4 Å². The Kier molecular flexibility index (Phi) is 4.68. The highest BCUT2D eigenvalue weighted by molar-refractivity contribution is 6.54. The number of rotatable bonds is 4. The van der Waals surface area contributed by atoms with Crippen LogP contribution >= 0.6 is 0 Å². The van der Waals surface area contributed by atoms with Crippen LogP contribution in [0.4, 0.5) is 17.1 Å². The van der Waals surface area contributed by atoms with E-state index in [1.54, 1.807) is 23.1 Å². The number of benzene rings is 2. The van der Waals surface area contributed by atoms with Gasteiger partial charge in [-0.25, -0.2) is 4.99 Å². The van der Waals surface area contributed by atoms with Gasteiger partial charge in [0.15, 0.2) is 0 Å². The number of nitro benzene ring substituents is 1. The van der Waals surface area contributed by atoms with Crippen LogP contribution in [0.2, 0.25) is 0 Å². The molecule has 2 aromatic carbocycles. The van der Waals surface area contributed by atoms with Gasteiger partial charge < -0.3 is 0 Å². The normalized spacial score (nSPS) is 18.7. The zero-order chi connectivity index (χ0) is 18.8. The number of likely N-dealkylation sites (tertiary alicyclic amines) is 1. The Morgan fingerprint density at radius 3 is 2.48 bits per heavy atom. The molecule has 0 bridgehead atoms. The van der Waals surface area contributed by atoms with E-state index in [0.29, 0.717) is 6.67 Å². The van der Waals surface area contributed by atoms with Gasteiger partial charge in [0.25, 0.3) is 11.6 Å². The van der Waals surface area contributed by atoms with Gasteiger partial charge in [-0.3, -0.25) is 24.7 Å². The number of piperidine rings is 1. The second-order valence-corrected chi connectivity index (χ2v) is 6.78. The third-order valence-electron chi connectivity index (χ3n) is 5.00. The molecule has 0 aromatic heterocycles. The van der Waals surface area contributed by atoms with E-state index in [1.165, 1.54) is 12.5 Å². The molecule has 27 heavy (non-hydrogen) atoms. The SMILES string of the molecule is O=C1C(=Nc2ccccc2[N+](=O)[O-])c2ccccc2N1CN1CCCCC1. The molecule has 1 saturated heterocycles. The Labute approximate surface area is 157 Å². The number of anilines is 1. The highest BCUT2D eigenvalue weighted by atomic mass is 16.6. The van der Waals surface area contributed by atoms with Gasteiger partial charge in [-0.15, -0.1) is 0 Å². The first kappa shape index (κ1) is 17.4. The number of hydrogen-bond acceptors (Lipinski definition) is 5. The minimum atomic E-state index is -0.476. The predicted molar refractivity (Wildman–Crippen MR) is 104 cm³/mol. The van der Waals surface area contributed by atoms with E-state index in [0.717, 1.165) is 37.2 Å². The molecule has 2 aliphatic heterocycles. The fourth-order valence-electron chi connectivity index (χ4n) is 3.64. The van der Waals surface area contributed by atoms with Gasteiger partial charge in [-0.05, 0) is 38.1 Å². The molecule has 138 valence electrons. The van der Waals surface area contributed by atoms with E-state index < -0.39 is 4.92 Å². The lowest BCUT2D eigenvalue weighted by molar-refractivity contribution is -0.384. The molecule has 0 saturated carbocycles. The molecule has 7 heteroatoms. The molecule has 0 unspecified atom stereocenters. The number of nitrogens with zero attached hydrogens (tertiary/aromatic N) is 4. The molecule has 0 radical (unpaired) electrons. The molecule has 1 amide bonds. The second kappa shape index (κ2) is 7.28. The Balaban J connectivity index is 1.72. The Bertz CT molecular complexity index is 919. The number of para-hydroxylation sites is 3. The summed E-state index contributed by atoms with van der Waals surface area (Å²) in [7, 11) is 0. The molecular formula is C20H20N4O3. The lowest BCUT2D eigenvalue weighted by Gasteiger charge is -2.30. The number of nitro groups is 1. The summed E-state index contributed by atoms with van der Waals surface area (Å²) in [6.07, 6.45) is 3.51. The van der Waals surface area contributed by atoms with Crippen LogP contribution in [0, 0.1) is 10.1 Å². The van der Waals surface area contributed by atoms with Gasteiger partial charge in [-0.2, -0.15) is 0 Å². The molecule has 4 rings (SSSR count). The smallest absolute Gasteiger partial charge is 0.293 e. The van der Waals surface area contributed by atoms with Crippen LogP contribution in [-0.4, -0.2) is 41.2 Å². The minimum Gasteiger partial charge on any atom is -0.293 e. The van der Waals surface area contributed by atoms with Crippen LogP contribution in [0.3, 0.4) is 0 Å². The monoisotopic (exact) mass is 364 g/mol. The maximum absolute atomic E-state index is 13.1. The zero-order valence-electron chi connectivity index (χ0n) is 14.9. The van der Waals surface area contributed by atoms with Crippen LogP contribution in [0.25, 0.3) is 0 Å². The van der Waals surface area contributed by atoms with Crippen molar-refractivity contribution in [3.05, 3.63) is 64.2 Å². The number of carbonyl (C=O) groups excluding carboxylic acids is 1. The van der Waals surface area contributed by atoms with E-state index in [1.807, 2.05) is 24.3 Å². The number of fused-ring (bicyclic) bond motifs is 1. The summed E-state index contributed by atoms with van der Waals surface area (Å²) in [6, 6.07) is 13.7. The maximum Gasteiger partial charge on any atom is 0.294 e. The zero-order valence-corrected chi connectivity index (χ0v) is 14.9. The summed E-state index contributed by atoms with van der Waals surface area (Å²) in [5.41, 5.74) is 1.88. The average molecular weight is 364 g/mol. The number of amides is 1. The summed E-state index contributed by atoms with van der Waals surface area (Å²) in [5, 5.41) is 11.3. The molecule has 2 aromatic rings. The summed E-state index contributed by atoms with van der Waals surface area (Å²) in [5.74, 6) is -0.208. The van der Waals surface area contributed by atoms with Crippen molar-refractivity contribution in [3.63, 3.8) is 0 Å². The molecule has 0 aliphatic carbocycles. The molecule has 2 aliphatic rings. The van der Waals surface area contributed by atoms with E-state index in [4.69, 9.17) is 0 Å². The highest BCUT2D eigenvalue weighted by Gasteiger charge is 2.35. The largest absolute Gasteiger partial charge is 0.294 e. The molecule has 0 spiro atoms. The van der Waals surface area contributed by atoms with E-state index in [-0.39, 0.29) is 23.0 Å². The molecule has 0 N–H and O–H groups in total. The summed E-state index contributed by atoms with van der Waals surface area (Å²) < 4.78 is 0. The van der Waals surface area contributed by atoms with Crippen LogP contribution in [0.5, 0.6) is 0 Å². The van der Waals surface area contributed by atoms with E-state index in [9.17, 15) is 14.9 Å². The molecule has 2 heterocycles. The Hall–Kier alpha value is -3.06. The van der Waals surface area contributed by atoms with Crippen LogP contribution in [-0.2, 0) is 4.79 Å². The lowest BCUT2D eigenvalue weighted by atomic mass is 10.1. The van der Waals surface area contributed by atoms with Crippen molar-refractivity contribution < 1.29 is 9.72 Å². The van der Waals surface area contributed by atoms with Crippen LogP contribution < -0.4 is 4.90 Å². The van der Waals surface area contributed by atoms with E-state index >= 15 is 0 Å². The minimum absolute atomic E-state index is 0.107. The van der Waals surface area contributed by atoms with E-state index in [2.05, 4.69) is 9.89 Å². The van der Waals surface area contributed by atoms with Gasteiger partial charge in [0.2, 0.25) is 0 Å². The van der Waals surface area contributed by atoms with Gasteiger partial charge in [-0.1, -0.05) is 36.8 Å². The maximum atomic E-state index is 13.1. The first-order valence-corrected chi connectivity index (χ1v) is 9.11. The quantitative estimate of drug-likeness (QED) is 0.614. The van der Waals surface area contributed by atoms with Crippen LogP contribution in [0.15, 0.2) is 53.5 Å². The third kappa shape index (κ3) is 3.33. The van der Waals surface area contributed by atoms with Crippen molar-refractivity contribution in [1.82, 2.24) is 4.90 Å². The third-order valence-corrected chi connectivity index (χ3v) is 5.00. The molecule has 1 fully saturated rings. The van der Waals surface area contributed by atoms with Gasteiger partial charge in [0, 0.05) is 11.6 Å². The number of aliphatic imine (C=N–C) groups is 1. The van der Waals surface area contributed by atoms with Crippen molar-refractivity contribution in [1.29, 1.82) is 0 Å². The standard InChI is InChI=1S/C20H20N4O3/c25-20-19(21-16-9-3-5-11-18(16)24(26)27)15-8-2-4-10-17(15)23(20)14-22-12-6-1-7-13-22/h2-5,8-11H,1,6-7,12-14H2. The fraction of sp³-hybridized carbons (Fsp3) is 0.300. The molecule has 7 nitrogen and oxygen atoms in total. The van der Waals surface area contributed by atoms with Crippen molar-refractivity contribution in [2.24, 2.45) is 4.99 Å². The van der Waals surface area contributed by atoms with Crippen molar-refractivity contribution in [2.75, 3.05) is 24.7 Å². The Morgan fingerprint density at radius 1 is 1.00 bits per heavy atom. The van der Waals surface area contributed by atoms with Crippen molar-refractivity contribution in [3.8, 4) is 0 Å². The van der Waals surface area contributed by atoms with Crippen LogP contribution in [0.1, 0.15) is 24.8 Å². The number of carbonyl (C=O) groups is 1. The summed E-state index contributed by atoms with van der Waals surface area (Å²) in [6.45, 7) is 2.47. The lowest BCUT2D eigenvalue weighted by Crippen LogP contribution is -2.43. The topological polar surface area (TPSA) is 79.0 Å². The fourth-order valence-corrected chi connectivity index (χ4v) is 3.64. The summed E-state index contributed by atoms with van der Waals surface area (Å²) >= 11 is 0. The van der Waals surface area contributed by atoms with Crippen molar-refractivity contribution in [2.45, 2.75) is 19.3 Å². The molecule has 0 atom stereocenters. The first-order chi connectivity index (χ1) is 13.1. The average Bonchev–Trinajstić information content (AvgIpc) is 2.95.